The second kappa shape index (κ2) is 7.68. The van der Waals surface area contributed by atoms with Crippen molar-refractivity contribution in [2.75, 3.05) is 4.90 Å². The Morgan fingerprint density at radius 2 is 2.00 bits per heavy atom. The lowest BCUT2D eigenvalue weighted by Gasteiger charge is -2.17. The largest absolute Gasteiger partial charge is 0.465 e. The number of hydrogen-bond donors (Lipinski definition) is 1. The molecule has 0 atom stereocenters. The molecule has 0 spiro atoms. The van der Waals surface area contributed by atoms with Gasteiger partial charge in [-0.05, 0) is 24.5 Å². The smallest absolute Gasteiger partial charge is 0.414 e. The number of nitrogens with zero attached hydrogens (tertiary/aromatic N) is 4. The van der Waals surface area contributed by atoms with Gasteiger partial charge in [0, 0.05) is 12.4 Å². The highest BCUT2D eigenvalue weighted by molar-refractivity contribution is 5.84. The molecule has 24 heavy (non-hydrogen) atoms. The monoisotopic (exact) mass is 324 g/mol. The highest BCUT2D eigenvalue weighted by atomic mass is 16.4. The van der Waals surface area contributed by atoms with Crippen molar-refractivity contribution in [1.29, 1.82) is 0 Å². The predicted octanol–water partition coefficient (Wildman–Crippen LogP) is 3.52. The van der Waals surface area contributed by atoms with E-state index in [-0.39, 0.29) is 12.5 Å². The van der Waals surface area contributed by atoms with Crippen molar-refractivity contribution in [1.82, 2.24) is 9.97 Å². The van der Waals surface area contributed by atoms with Crippen LogP contribution in [0.2, 0.25) is 0 Å². The molecule has 2 aromatic rings. The Morgan fingerprint density at radius 3 is 2.71 bits per heavy atom. The van der Waals surface area contributed by atoms with Crippen molar-refractivity contribution in [3.05, 3.63) is 53.9 Å². The molecule has 1 aromatic heterocycles. The number of aromatic nitrogens is 2. The lowest BCUT2D eigenvalue weighted by molar-refractivity contribution is 0.201. The number of rotatable bonds is 5. The first kappa shape index (κ1) is 16.1. The molecule has 124 valence electrons. The summed E-state index contributed by atoms with van der Waals surface area (Å²) in [5.74, 6) is 0.168. The molecule has 0 aliphatic heterocycles. The third kappa shape index (κ3) is 4.16. The van der Waals surface area contributed by atoms with Gasteiger partial charge in [-0.25, -0.2) is 19.7 Å². The van der Waals surface area contributed by atoms with Crippen LogP contribution < -0.4 is 4.90 Å². The SMILES string of the molecule is O=C(O)N(Cc1ccccc1)c1nccc(C=NC2CCCC2)n1. The van der Waals surface area contributed by atoms with Gasteiger partial charge in [0.2, 0.25) is 5.95 Å². The summed E-state index contributed by atoms with van der Waals surface area (Å²) in [6.45, 7) is 0.208. The minimum absolute atomic E-state index is 0.168. The molecule has 0 saturated heterocycles. The van der Waals surface area contributed by atoms with E-state index in [0.29, 0.717) is 11.7 Å². The van der Waals surface area contributed by atoms with Crippen molar-refractivity contribution in [2.45, 2.75) is 38.3 Å². The van der Waals surface area contributed by atoms with Crippen LogP contribution in [0.5, 0.6) is 0 Å². The summed E-state index contributed by atoms with van der Waals surface area (Å²) in [7, 11) is 0. The van der Waals surface area contributed by atoms with Gasteiger partial charge in [0.1, 0.15) is 0 Å². The van der Waals surface area contributed by atoms with Gasteiger partial charge in [-0.3, -0.25) is 4.99 Å². The molecule has 0 radical (unpaired) electrons. The van der Waals surface area contributed by atoms with Gasteiger partial charge in [-0.2, -0.15) is 0 Å². The van der Waals surface area contributed by atoms with Crippen molar-refractivity contribution in [3.8, 4) is 0 Å². The molecule has 1 fully saturated rings. The van der Waals surface area contributed by atoms with Crippen LogP contribution in [0.3, 0.4) is 0 Å². The molecule has 1 aromatic carbocycles. The molecule has 6 heteroatoms. The summed E-state index contributed by atoms with van der Waals surface area (Å²) in [6, 6.07) is 11.5. The van der Waals surface area contributed by atoms with Crippen LogP contribution in [-0.4, -0.2) is 33.4 Å². The van der Waals surface area contributed by atoms with Gasteiger partial charge in [0.05, 0.1) is 18.3 Å². The highest BCUT2D eigenvalue weighted by Gasteiger charge is 2.18. The number of carboxylic acid groups (broad SMARTS) is 1. The molecule has 1 saturated carbocycles. The Bertz CT molecular complexity index is 712. The Labute approximate surface area is 140 Å². The summed E-state index contributed by atoms with van der Waals surface area (Å²) < 4.78 is 0. The molecule has 1 aliphatic rings. The zero-order valence-corrected chi connectivity index (χ0v) is 13.4. The maximum Gasteiger partial charge on any atom is 0.414 e. The zero-order valence-electron chi connectivity index (χ0n) is 13.4. The minimum atomic E-state index is -1.08. The van der Waals surface area contributed by atoms with Gasteiger partial charge < -0.3 is 5.11 Å². The fourth-order valence-corrected chi connectivity index (χ4v) is 2.79. The third-order valence-electron chi connectivity index (χ3n) is 4.06. The van der Waals surface area contributed by atoms with E-state index in [4.69, 9.17) is 0 Å². The molecule has 1 amide bonds. The number of hydrogen-bond acceptors (Lipinski definition) is 4. The van der Waals surface area contributed by atoms with Crippen molar-refractivity contribution < 1.29 is 9.90 Å². The molecule has 1 aliphatic carbocycles. The number of aliphatic imine (C=N–C) groups is 1. The Kier molecular flexibility index (Phi) is 5.15. The highest BCUT2D eigenvalue weighted by Crippen LogP contribution is 2.20. The third-order valence-corrected chi connectivity index (χ3v) is 4.06. The number of carbonyl (C=O) groups is 1. The van der Waals surface area contributed by atoms with E-state index in [2.05, 4.69) is 15.0 Å². The Hall–Kier alpha value is -2.76. The summed E-state index contributed by atoms with van der Waals surface area (Å²) in [6.07, 6.45) is 6.89. The average molecular weight is 324 g/mol. The lowest BCUT2D eigenvalue weighted by atomic mass is 10.2. The fourth-order valence-electron chi connectivity index (χ4n) is 2.79. The van der Waals surface area contributed by atoms with Gasteiger partial charge in [-0.1, -0.05) is 43.2 Å². The summed E-state index contributed by atoms with van der Waals surface area (Å²) in [4.78, 5) is 25.7. The maximum atomic E-state index is 11.6. The summed E-state index contributed by atoms with van der Waals surface area (Å²) in [5.41, 5.74) is 1.51. The van der Waals surface area contributed by atoms with Gasteiger partial charge in [0.15, 0.2) is 0 Å². The first-order chi connectivity index (χ1) is 11.7. The van der Waals surface area contributed by atoms with Crippen LogP contribution in [0.1, 0.15) is 36.9 Å². The molecule has 0 bridgehead atoms. The number of anilines is 1. The van der Waals surface area contributed by atoms with E-state index in [1.165, 1.54) is 12.8 Å². The predicted molar refractivity (Wildman–Crippen MR) is 92.5 cm³/mol. The van der Waals surface area contributed by atoms with E-state index >= 15 is 0 Å². The van der Waals surface area contributed by atoms with Crippen LogP contribution in [0.25, 0.3) is 0 Å². The first-order valence-corrected chi connectivity index (χ1v) is 8.13. The standard InChI is InChI=1S/C18H20N4O2/c23-18(24)22(13-14-6-2-1-3-7-14)17-19-11-10-16(21-17)12-20-15-8-4-5-9-15/h1-3,6-7,10-12,15H,4-5,8-9,13H2,(H,23,24). The molecule has 0 unspecified atom stereocenters. The van der Waals surface area contributed by atoms with Crippen molar-refractivity contribution >= 4 is 18.3 Å². The van der Waals surface area contributed by atoms with E-state index in [0.717, 1.165) is 23.3 Å². The molecular weight excluding hydrogens is 304 g/mol. The van der Waals surface area contributed by atoms with Crippen LogP contribution in [0.15, 0.2) is 47.6 Å². The van der Waals surface area contributed by atoms with E-state index in [1.807, 2.05) is 30.3 Å². The van der Waals surface area contributed by atoms with Crippen LogP contribution in [0.4, 0.5) is 10.7 Å². The molecular formula is C18H20N4O2. The Balaban J connectivity index is 1.77. The topological polar surface area (TPSA) is 78.7 Å². The van der Waals surface area contributed by atoms with Gasteiger partial charge >= 0.3 is 6.09 Å². The molecule has 6 nitrogen and oxygen atoms in total. The second-order valence-corrected chi connectivity index (χ2v) is 5.85. The summed E-state index contributed by atoms with van der Waals surface area (Å²) in [5, 5.41) is 9.49. The van der Waals surface area contributed by atoms with Crippen molar-refractivity contribution in [2.24, 2.45) is 4.99 Å². The minimum Gasteiger partial charge on any atom is -0.465 e. The van der Waals surface area contributed by atoms with Crippen LogP contribution in [0, 0.1) is 0 Å². The normalized spacial score (nSPS) is 15.0. The van der Waals surface area contributed by atoms with E-state index in [1.54, 1.807) is 18.5 Å². The van der Waals surface area contributed by atoms with Gasteiger partial charge in [-0.15, -0.1) is 0 Å². The van der Waals surface area contributed by atoms with E-state index in [9.17, 15) is 9.90 Å². The maximum absolute atomic E-state index is 11.6. The Morgan fingerprint density at radius 1 is 1.25 bits per heavy atom. The summed E-state index contributed by atoms with van der Waals surface area (Å²) >= 11 is 0. The van der Waals surface area contributed by atoms with Crippen LogP contribution >= 0.6 is 0 Å². The van der Waals surface area contributed by atoms with Crippen molar-refractivity contribution in [3.63, 3.8) is 0 Å². The molecule has 3 rings (SSSR count). The van der Waals surface area contributed by atoms with Gasteiger partial charge in [0.25, 0.3) is 0 Å². The zero-order chi connectivity index (χ0) is 16.8. The average Bonchev–Trinajstić information content (AvgIpc) is 3.12. The number of amides is 1. The fraction of sp³-hybridized carbons (Fsp3) is 0.333. The lowest BCUT2D eigenvalue weighted by Crippen LogP contribution is -2.30. The van der Waals surface area contributed by atoms with E-state index < -0.39 is 6.09 Å². The molecule has 1 heterocycles. The second-order valence-electron chi connectivity index (χ2n) is 5.85. The van der Waals surface area contributed by atoms with Crippen LogP contribution in [-0.2, 0) is 6.54 Å². The molecule has 1 N–H and O–H groups in total. The number of benzene rings is 1. The first-order valence-electron chi connectivity index (χ1n) is 8.13. The quantitative estimate of drug-likeness (QED) is 0.853.